The molecule has 1 heterocycles. The summed E-state index contributed by atoms with van der Waals surface area (Å²) in [4.78, 5) is 11.0. The summed E-state index contributed by atoms with van der Waals surface area (Å²) in [6.07, 6.45) is 0. The summed E-state index contributed by atoms with van der Waals surface area (Å²) in [7, 11) is 0. The number of rotatable bonds is 4. The quantitative estimate of drug-likeness (QED) is 0.942. The molecule has 17 heavy (non-hydrogen) atoms. The molecular weight excluding hydrogens is 302 g/mol. The Morgan fingerprint density at radius 1 is 1.41 bits per heavy atom. The van der Waals surface area contributed by atoms with E-state index in [9.17, 15) is 4.79 Å². The molecule has 0 atom stereocenters. The number of carbonyl (C=O) groups is 1. The van der Waals surface area contributed by atoms with E-state index in [0.717, 1.165) is 9.35 Å². The van der Waals surface area contributed by atoms with Crippen molar-refractivity contribution in [2.45, 2.75) is 6.61 Å². The molecule has 0 radical (unpaired) electrons. The van der Waals surface area contributed by atoms with Gasteiger partial charge in [-0.25, -0.2) is 0 Å². The van der Waals surface area contributed by atoms with Gasteiger partial charge in [-0.15, -0.1) is 11.3 Å². The number of hydrogen-bond acceptors (Lipinski definition) is 3. The molecule has 0 saturated heterocycles. The van der Waals surface area contributed by atoms with Crippen molar-refractivity contribution in [2.24, 2.45) is 5.73 Å². The molecule has 0 unspecified atom stereocenters. The Kier molecular flexibility index (Phi) is 3.81. The lowest BCUT2D eigenvalue weighted by Crippen LogP contribution is -2.10. The first-order chi connectivity index (χ1) is 8.15. The minimum Gasteiger partial charge on any atom is -0.489 e. The molecule has 0 bridgehead atoms. The van der Waals surface area contributed by atoms with Crippen LogP contribution in [-0.2, 0) is 6.61 Å². The largest absolute Gasteiger partial charge is 0.489 e. The van der Waals surface area contributed by atoms with Crippen molar-refractivity contribution in [3.63, 3.8) is 0 Å². The van der Waals surface area contributed by atoms with Gasteiger partial charge in [-0.1, -0.05) is 6.07 Å². The Balaban J connectivity index is 2.04. The predicted molar refractivity (Wildman–Crippen MR) is 71.3 cm³/mol. The van der Waals surface area contributed by atoms with Crippen LogP contribution in [0.1, 0.15) is 15.9 Å². The molecule has 3 nitrogen and oxygen atoms in total. The number of primary amides is 1. The second-order valence-electron chi connectivity index (χ2n) is 3.44. The van der Waals surface area contributed by atoms with E-state index in [1.54, 1.807) is 35.6 Å². The summed E-state index contributed by atoms with van der Waals surface area (Å²) in [5.41, 5.74) is 6.74. The highest BCUT2D eigenvalue weighted by molar-refractivity contribution is 9.11. The summed E-state index contributed by atoms with van der Waals surface area (Å²) >= 11 is 5.00. The average molecular weight is 312 g/mol. The second kappa shape index (κ2) is 5.33. The van der Waals surface area contributed by atoms with Crippen LogP contribution in [0.15, 0.2) is 39.5 Å². The van der Waals surface area contributed by atoms with Crippen molar-refractivity contribution in [1.29, 1.82) is 0 Å². The summed E-state index contributed by atoms with van der Waals surface area (Å²) in [6.45, 7) is 0.477. The molecule has 5 heteroatoms. The molecule has 2 N–H and O–H groups in total. The van der Waals surface area contributed by atoms with Gasteiger partial charge in [-0.2, -0.15) is 0 Å². The van der Waals surface area contributed by atoms with Crippen molar-refractivity contribution in [3.05, 3.63) is 50.6 Å². The Labute approximate surface area is 111 Å². The van der Waals surface area contributed by atoms with Crippen LogP contribution < -0.4 is 10.5 Å². The van der Waals surface area contributed by atoms with Gasteiger partial charge in [0.15, 0.2) is 0 Å². The van der Waals surface area contributed by atoms with Gasteiger partial charge in [0.2, 0.25) is 5.91 Å². The molecule has 0 aliphatic heterocycles. The molecule has 0 spiro atoms. The van der Waals surface area contributed by atoms with Crippen molar-refractivity contribution in [3.8, 4) is 5.75 Å². The highest BCUT2D eigenvalue weighted by atomic mass is 79.9. The minimum absolute atomic E-state index is 0.450. The first-order valence-corrected chi connectivity index (χ1v) is 6.58. The smallest absolute Gasteiger partial charge is 0.248 e. The first kappa shape index (κ1) is 12.1. The molecule has 1 aromatic carbocycles. The van der Waals surface area contributed by atoms with E-state index in [0.29, 0.717) is 17.9 Å². The van der Waals surface area contributed by atoms with E-state index < -0.39 is 5.91 Å². The van der Waals surface area contributed by atoms with Crippen molar-refractivity contribution >= 4 is 33.2 Å². The summed E-state index contributed by atoms with van der Waals surface area (Å²) in [5.74, 6) is 0.192. The van der Waals surface area contributed by atoms with E-state index in [4.69, 9.17) is 10.5 Å². The van der Waals surface area contributed by atoms with Crippen molar-refractivity contribution < 1.29 is 9.53 Å². The number of carbonyl (C=O) groups excluding carboxylic acids is 1. The molecule has 0 saturated carbocycles. The van der Waals surface area contributed by atoms with Crippen LogP contribution in [0, 0.1) is 0 Å². The van der Waals surface area contributed by atoms with Crippen LogP contribution in [0.4, 0.5) is 0 Å². The van der Waals surface area contributed by atoms with Crippen LogP contribution >= 0.6 is 27.3 Å². The zero-order chi connectivity index (χ0) is 12.3. The first-order valence-electron chi connectivity index (χ1n) is 4.91. The monoisotopic (exact) mass is 311 g/mol. The van der Waals surface area contributed by atoms with E-state index in [1.807, 2.05) is 11.4 Å². The molecule has 1 amide bonds. The predicted octanol–water partition coefficient (Wildman–Crippen LogP) is 3.19. The standard InChI is InChI=1S/C12H10BrNO2S/c13-11-4-8(7-17-11)6-16-10-3-1-2-9(5-10)12(14)15/h1-5,7H,6H2,(H2,14,15). The van der Waals surface area contributed by atoms with E-state index in [1.165, 1.54) is 0 Å². The number of halogens is 1. The number of amides is 1. The van der Waals surface area contributed by atoms with Crippen LogP contribution in [0.3, 0.4) is 0 Å². The van der Waals surface area contributed by atoms with Gasteiger partial charge in [0.25, 0.3) is 0 Å². The number of thiophene rings is 1. The fourth-order valence-electron chi connectivity index (χ4n) is 1.33. The maximum absolute atomic E-state index is 11.0. The zero-order valence-electron chi connectivity index (χ0n) is 8.85. The average Bonchev–Trinajstić information content (AvgIpc) is 2.73. The number of benzene rings is 1. The number of ether oxygens (including phenoxy) is 1. The third kappa shape index (κ3) is 3.31. The molecular formula is C12H10BrNO2S. The Morgan fingerprint density at radius 2 is 2.24 bits per heavy atom. The molecule has 2 rings (SSSR count). The Hall–Kier alpha value is -1.33. The molecule has 1 aromatic heterocycles. The highest BCUT2D eigenvalue weighted by Gasteiger charge is 2.03. The minimum atomic E-state index is -0.450. The fourth-order valence-corrected chi connectivity index (χ4v) is 2.52. The summed E-state index contributed by atoms with van der Waals surface area (Å²) < 4.78 is 6.65. The van der Waals surface area contributed by atoms with Crippen LogP contribution in [0.5, 0.6) is 5.75 Å². The third-order valence-corrected chi connectivity index (χ3v) is 3.70. The number of nitrogens with two attached hydrogens (primary N) is 1. The van der Waals surface area contributed by atoms with Gasteiger partial charge in [-0.3, -0.25) is 4.79 Å². The van der Waals surface area contributed by atoms with Gasteiger partial charge in [0, 0.05) is 11.1 Å². The van der Waals surface area contributed by atoms with Crippen LogP contribution in [-0.4, -0.2) is 5.91 Å². The molecule has 88 valence electrons. The van der Waals surface area contributed by atoms with Gasteiger partial charge in [0.05, 0.1) is 3.79 Å². The molecule has 0 fully saturated rings. The maximum Gasteiger partial charge on any atom is 0.248 e. The van der Waals surface area contributed by atoms with Crippen LogP contribution in [0.2, 0.25) is 0 Å². The van der Waals surface area contributed by atoms with Gasteiger partial charge < -0.3 is 10.5 Å². The van der Waals surface area contributed by atoms with Gasteiger partial charge in [0.1, 0.15) is 12.4 Å². The Bertz CT molecular complexity index is 539. The highest BCUT2D eigenvalue weighted by Crippen LogP contribution is 2.22. The van der Waals surface area contributed by atoms with E-state index in [2.05, 4.69) is 15.9 Å². The molecule has 0 aliphatic carbocycles. The molecule has 2 aromatic rings. The zero-order valence-corrected chi connectivity index (χ0v) is 11.3. The normalized spacial score (nSPS) is 10.2. The van der Waals surface area contributed by atoms with Gasteiger partial charge in [-0.05, 0) is 45.6 Å². The van der Waals surface area contributed by atoms with Crippen molar-refractivity contribution in [1.82, 2.24) is 0 Å². The third-order valence-electron chi connectivity index (χ3n) is 2.15. The van der Waals surface area contributed by atoms with Crippen LogP contribution in [0.25, 0.3) is 0 Å². The Morgan fingerprint density at radius 3 is 2.88 bits per heavy atom. The summed E-state index contributed by atoms with van der Waals surface area (Å²) in [5, 5.41) is 2.02. The lowest BCUT2D eigenvalue weighted by atomic mass is 10.2. The van der Waals surface area contributed by atoms with Gasteiger partial charge >= 0.3 is 0 Å². The maximum atomic E-state index is 11.0. The van der Waals surface area contributed by atoms with E-state index in [-0.39, 0.29) is 0 Å². The lowest BCUT2D eigenvalue weighted by molar-refractivity contribution is 0.1000. The second-order valence-corrected chi connectivity index (χ2v) is 5.73. The summed E-state index contributed by atoms with van der Waals surface area (Å²) in [6, 6.07) is 8.86. The number of hydrogen-bond donors (Lipinski definition) is 1. The van der Waals surface area contributed by atoms with Crippen molar-refractivity contribution in [2.75, 3.05) is 0 Å². The molecule has 0 aliphatic rings. The SMILES string of the molecule is NC(=O)c1cccc(OCc2csc(Br)c2)c1. The topological polar surface area (TPSA) is 52.3 Å². The lowest BCUT2D eigenvalue weighted by Gasteiger charge is -2.05. The van der Waals surface area contributed by atoms with E-state index >= 15 is 0 Å². The fraction of sp³-hybridized carbons (Fsp3) is 0.0833.